The first kappa shape index (κ1) is 12.8. The molecule has 0 radical (unpaired) electrons. The Labute approximate surface area is 110 Å². The molecule has 0 saturated carbocycles. The summed E-state index contributed by atoms with van der Waals surface area (Å²) in [7, 11) is 0. The van der Waals surface area contributed by atoms with Gasteiger partial charge >= 0.3 is 0 Å². The first-order valence-electron chi connectivity index (χ1n) is 5.71. The number of hydrogen-bond donors (Lipinski definition) is 2. The van der Waals surface area contributed by atoms with Gasteiger partial charge in [0.25, 0.3) is 5.56 Å². The number of rotatable bonds is 5. The molecule has 18 heavy (non-hydrogen) atoms. The first-order chi connectivity index (χ1) is 8.70. The van der Waals surface area contributed by atoms with E-state index < -0.39 is 0 Å². The van der Waals surface area contributed by atoms with Gasteiger partial charge in [-0.25, -0.2) is 4.98 Å². The summed E-state index contributed by atoms with van der Waals surface area (Å²) in [6, 6.07) is 5.06. The minimum Gasteiger partial charge on any atom is -0.310 e. The van der Waals surface area contributed by atoms with Gasteiger partial charge in [0, 0.05) is 5.02 Å². The van der Waals surface area contributed by atoms with Crippen LogP contribution in [0.3, 0.4) is 0 Å². The summed E-state index contributed by atoms with van der Waals surface area (Å²) in [5, 5.41) is 4.30. The summed E-state index contributed by atoms with van der Waals surface area (Å²) in [5.74, 6) is 0.610. The Morgan fingerprint density at radius 2 is 2.33 bits per heavy atom. The smallest absolute Gasteiger partial charge is 0.258 e. The van der Waals surface area contributed by atoms with Gasteiger partial charge in [-0.3, -0.25) is 4.79 Å². The molecule has 5 heteroatoms. The van der Waals surface area contributed by atoms with E-state index in [4.69, 9.17) is 11.6 Å². The number of halogens is 1. The first-order valence-corrected chi connectivity index (χ1v) is 6.08. The Balaban J connectivity index is 2.24. The highest BCUT2D eigenvalue weighted by atomic mass is 35.5. The van der Waals surface area contributed by atoms with Crippen LogP contribution in [0.5, 0.6) is 0 Å². The maximum absolute atomic E-state index is 11.8. The van der Waals surface area contributed by atoms with Gasteiger partial charge in [0.15, 0.2) is 0 Å². The Kier molecular flexibility index (Phi) is 4.12. The summed E-state index contributed by atoms with van der Waals surface area (Å²) in [4.78, 5) is 18.9. The van der Waals surface area contributed by atoms with E-state index in [1.54, 1.807) is 18.2 Å². The summed E-state index contributed by atoms with van der Waals surface area (Å²) in [5.41, 5.74) is 0.476. The molecule has 0 amide bonds. The zero-order valence-corrected chi connectivity index (χ0v) is 10.6. The molecule has 2 aromatic rings. The Morgan fingerprint density at radius 1 is 1.50 bits per heavy atom. The molecule has 4 nitrogen and oxygen atoms in total. The van der Waals surface area contributed by atoms with Crippen LogP contribution in [0.2, 0.25) is 5.02 Å². The maximum atomic E-state index is 11.8. The SMILES string of the molecule is C=CCCNCc1nc2cc(Cl)ccc2c(=O)[nH]1. The van der Waals surface area contributed by atoms with Gasteiger partial charge in [-0.1, -0.05) is 17.7 Å². The van der Waals surface area contributed by atoms with Crippen LogP contribution in [0.15, 0.2) is 35.6 Å². The van der Waals surface area contributed by atoms with E-state index in [0.717, 1.165) is 13.0 Å². The van der Waals surface area contributed by atoms with Gasteiger partial charge in [-0.15, -0.1) is 6.58 Å². The van der Waals surface area contributed by atoms with Crippen LogP contribution >= 0.6 is 11.6 Å². The summed E-state index contributed by atoms with van der Waals surface area (Å²) < 4.78 is 0. The molecule has 94 valence electrons. The van der Waals surface area contributed by atoms with Crippen molar-refractivity contribution in [1.82, 2.24) is 15.3 Å². The molecule has 2 N–H and O–H groups in total. The molecule has 1 aromatic heterocycles. The highest BCUT2D eigenvalue weighted by Gasteiger charge is 2.03. The molecular formula is C13H14ClN3O. The second-order valence-corrected chi connectivity index (χ2v) is 4.36. The number of hydrogen-bond acceptors (Lipinski definition) is 3. The molecular weight excluding hydrogens is 250 g/mol. The van der Waals surface area contributed by atoms with Crippen LogP contribution in [-0.2, 0) is 6.54 Å². The lowest BCUT2D eigenvalue weighted by molar-refractivity contribution is 0.667. The Bertz CT molecular complexity index is 621. The highest BCUT2D eigenvalue weighted by Crippen LogP contribution is 2.14. The van der Waals surface area contributed by atoms with Gasteiger partial charge in [0.1, 0.15) is 5.82 Å². The number of fused-ring (bicyclic) bond motifs is 1. The average Bonchev–Trinajstić information content (AvgIpc) is 2.34. The van der Waals surface area contributed by atoms with Gasteiger partial charge in [-0.2, -0.15) is 0 Å². The number of aromatic nitrogens is 2. The predicted octanol–water partition coefficient (Wildman–Crippen LogP) is 2.24. The Morgan fingerprint density at radius 3 is 3.11 bits per heavy atom. The number of H-pyrrole nitrogens is 1. The summed E-state index contributed by atoms with van der Waals surface area (Å²) in [6.07, 6.45) is 2.72. The monoisotopic (exact) mass is 263 g/mol. The van der Waals surface area contributed by atoms with Crippen molar-refractivity contribution in [1.29, 1.82) is 0 Å². The van der Waals surface area contributed by atoms with Crippen molar-refractivity contribution in [3.63, 3.8) is 0 Å². The van der Waals surface area contributed by atoms with E-state index in [0.29, 0.717) is 28.3 Å². The third kappa shape index (κ3) is 2.97. The summed E-state index contributed by atoms with van der Waals surface area (Å²) >= 11 is 5.89. The van der Waals surface area contributed by atoms with Crippen molar-refractivity contribution in [3.8, 4) is 0 Å². The number of benzene rings is 1. The van der Waals surface area contributed by atoms with Crippen molar-refractivity contribution >= 4 is 22.5 Å². The van der Waals surface area contributed by atoms with Crippen molar-refractivity contribution in [2.75, 3.05) is 6.54 Å². The third-order valence-electron chi connectivity index (χ3n) is 2.54. The zero-order chi connectivity index (χ0) is 13.0. The number of aromatic amines is 1. The second-order valence-electron chi connectivity index (χ2n) is 3.93. The molecule has 2 rings (SSSR count). The lowest BCUT2D eigenvalue weighted by Crippen LogP contribution is -2.20. The normalized spacial score (nSPS) is 10.7. The molecule has 1 heterocycles. The van der Waals surface area contributed by atoms with Crippen molar-refractivity contribution in [2.45, 2.75) is 13.0 Å². The quantitative estimate of drug-likeness (QED) is 0.643. The fraction of sp³-hybridized carbons (Fsp3) is 0.231. The molecule has 0 unspecified atom stereocenters. The minimum absolute atomic E-state index is 0.141. The maximum Gasteiger partial charge on any atom is 0.258 e. The van der Waals surface area contributed by atoms with Crippen molar-refractivity contribution in [2.24, 2.45) is 0 Å². The molecule has 0 aliphatic rings. The molecule has 1 aromatic carbocycles. The van der Waals surface area contributed by atoms with Crippen LogP contribution < -0.4 is 10.9 Å². The van der Waals surface area contributed by atoms with E-state index in [-0.39, 0.29) is 5.56 Å². The highest BCUT2D eigenvalue weighted by molar-refractivity contribution is 6.31. The van der Waals surface area contributed by atoms with E-state index >= 15 is 0 Å². The van der Waals surface area contributed by atoms with Crippen LogP contribution in [0.25, 0.3) is 10.9 Å². The van der Waals surface area contributed by atoms with Gasteiger partial charge < -0.3 is 10.3 Å². The van der Waals surface area contributed by atoms with Crippen LogP contribution in [0, 0.1) is 0 Å². The molecule has 0 atom stereocenters. The standard InChI is InChI=1S/C13H14ClN3O/c1-2-3-6-15-8-12-16-11-7-9(14)4-5-10(11)13(18)17-12/h2,4-5,7,15H,1,3,6,8H2,(H,16,17,18). The zero-order valence-electron chi connectivity index (χ0n) is 9.87. The fourth-order valence-corrected chi connectivity index (χ4v) is 1.82. The average molecular weight is 264 g/mol. The van der Waals surface area contributed by atoms with E-state index in [2.05, 4.69) is 21.9 Å². The lowest BCUT2D eigenvalue weighted by atomic mass is 10.2. The van der Waals surface area contributed by atoms with Crippen molar-refractivity contribution in [3.05, 3.63) is 52.1 Å². The number of nitrogens with zero attached hydrogens (tertiary/aromatic N) is 1. The van der Waals surface area contributed by atoms with Crippen LogP contribution in [0.1, 0.15) is 12.2 Å². The predicted molar refractivity (Wildman–Crippen MR) is 73.9 cm³/mol. The van der Waals surface area contributed by atoms with E-state index in [9.17, 15) is 4.79 Å². The van der Waals surface area contributed by atoms with Gasteiger partial charge in [0.2, 0.25) is 0 Å². The molecule has 0 spiro atoms. The Hall–Kier alpha value is -1.65. The fourth-order valence-electron chi connectivity index (χ4n) is 1.66. The molecule has 0 aliphatic heterocycles. The van der Waals surface area contributed by atoms with Gasteiger partial charge in [-0.05, 0) is 31.2 Å². The second kappa shape index (κ2) is 5.80. The summed E-state index contributed by atoms with van der Waals surface area (Å²) in [6.45, 7) is 4.97. The largest absolute Gasteiger partial charge is 0.310 e. The van der Waals surface area contributed by atoms with Crippen LogP contribution in [-0.4, -0.2) is 16.5 Å². The van der Waals surface area contributed by atoms with Crippen molar-refractivity contribution < 1.29 is 0 Å². The van der Waals surface area contributed by atoms with E-state index in [1.165, 1.54) is 0 Å². The number of nitrogens with one attached hydrogen (secondary N) is 2. The van der Waals surface area contributed by atoms with Crippen LogP contribution in [0.4, 0.5) is 0 Å². The topological polar surface area (TPSA) is 57.8 Å². The molecule has 0 bridgehead atoms. The lowest BCUT2D eigenvalue weighted by Gasteiger charge is -2.04. The minimum atomic E-state index is -0.141. The van der Waals surface area contributed by atoms with Gasteiger partial charge in [0.05, 0.1) is 17.4 Å². The van der Waals surface area contributed by atoms with E-state index in [1.807, 2.05) is 6.08 Å². The molecule has 0 fully saturated rings. The third-order valence-corrected chi connectivity index (χ3v) is 2.77. The molecule has 0 saturated heterocycles. The molecule has 0 aliphatic carbocycles.